The number of aliphatic imine (C=N–C) groups is 1. The molecule has 152 valence electrons. The molecule has 1 heterocycles. The van der Waals surface area contributed by atoms with Crippen molar-refractivity contribution in [2.24, 2.45) is 4.99 Å². The minimum atomic E-state index is 0.0559. The molecule has 1 fully saturated rings. The lowest BCUT2D eigenvalue weighted by atomic mass is 9.84. The van der Waals surface area contributed by atoms with E-state index in [0.29, 0.717) is 0 Å². The van der Waals surface area contributed by atoms with Gasteiger partial charge in [-0.05, 0) is 24.1 Å². The molecule has 0 aliphatic carbocycles. The number of hydrogen-bond acceptors (Lipinski definition) is 3. The average Bonchev–Trinajstić information content (AvgIpc) is 2.71. The van der Waals surface area contributed by atoms with Gasteiger partial charge in [0.15, 0.2) is 5.96 Å². The van der Waals surface area contributed by atoms with Crippen LogP contribution in [0.25, 0.3) is 0 Å². The minimum Gasteiger partial charge on any atom is -0.356 e. The van der Waals surface area contributed by atoms with Crippen LogP contribution < -0.4 is 10.6 Å². The molecule has 5 nitrogen and oxygen atoms in total. The number of guanidine groups is 1. The smallest absolute Gasteiger partial charge is 0.191 e. The number of hydrogen-bond donors (Lipinski definition) is 2. The third-order valence-corrected chi connectivity index (χ3v) is 5.70. The summed E-state index contributed by atoms with van der Waals surface area (Å²) in [6.07, 6.45) is 1.09. The molecule has 2 N–H and O–H groups in total. The van der Waals surface area contributed by atoms with Crippen molar-refractivity contribution in [3.63, 3.8) is 0 Å². The van der Waals surface area contributed by atoms with Crippen LogP contribution in [0.2, 0.25) is 0 Å². The summed E-state index contributed by atoms with van der Waals surface area (Å²) >= 11 is 0. The van der Waals surface area contributed by atoms with Crippen molar-refractivity contribution < 1.29 is 0 Å². The first-order chi connectivity index (χ1) is 13.0. The van der Waals surface area contributed by atoms with E-state index >= 15 is 0 Å². The van der Waals surface area contributed by atoms with E-state index in [9.17, 15) is 0 Å². The molecule has 1 aromatic rings. The van der Waals surface area contributed by atoms with E-state index in [2.05, 4.69) is 77.4 Å². The fraction of sp³-hybridized carbons (Fsp3) is 0.682. The first kappa shape index (κ1) is 21.7. The quantitative estimate of drug-likeness (QED) is 0.542. The molecule has 27 heavy (non-hydrogen) atoms. The average molecular weight is 374 g/mol. The van der Waals surface area contributed by atoms with Gasteiger partial charge in [0.25, 0.3) is 0 Å². The normalized spacial score (nSPS) is 17.1. The topological polar surface area (TPSA) is 42.9 Å². The van der Waals surface area contributed by atoms with Crippen molar-refractivity contribution in [3.8, 4) is 0 Å². The van der Waals surface area contributed by atoms with Gasteiger partial charge in [-0.15, -0.1) is 0 Å². The van der Waals surface area contributed by atoms with E-state index in [1.807, 2.05) is 7.05 Å². The lowest BCUT2D eigenvalue weighted by Crippen LogP contribution is -2.49. The van der Waals surface area contributed by atoms with Gasteiger partial charge in [0.2, 0.25) is 0 Å². The monoisotopic (exact) mass is 373 g/mol. The highest BCUT2D eigenvalue weighted by Gasteiger charge is 2.21. The highest BCUT2D eigenvalue weighted by Crippen LogP contribution is 2.22. The number of benzene rings is 1. The first-order valence-electron chi connectivity index (χ1n) is 10.5. The van der Waals surface area contributed by atoms with Crippen LogP contribution in [-0.2, 0) is 11.8 Å². The molecule has 0 unspecified atom stereocenters. The Morgan fingerprint density at radius 2 is 1.63 bits per heavy atom. The highest BCUT2D eigenvalue weighted by molar-refractivity contribution is 5.79. The van der Waals surface area contributed by atoms with Gasteiger partial charge < -0.3 is 15.5 Å². The van der Waals surface area contributed by atoms with Crippen LogP contribution in [0.5, 0.6) is 0 Å². The van der Waals surface area contributed by atoms with Gasteiger partial charge in [0.1, 0.15) is 0 Å². The Balaban J connectivity index is 1.74. The molecular formula is C22H39N5. The second kappa shape index (κ2) is 10.7. The molecule has 0 spiro atoms. The maximum atomic E-state index is 4.39. The molecule has 0 bridgehead atoms. The molecule has 1 aromatic carbocycles. The minimum absolute atomic E-state index is 0.0559. The van der Waals surface area contributed by atoms with Crippen LogP contribution in [0.3, 0.4) is 0 Å². The van der Waals surface area contributed by atoms with E-state index in [0.717, 1.165) is 32.0 Å². The number of rotatable bonds is 8. The highest BCUT2D eigenvalue weighted by atomic mass is 15.3. The van der Waals surface area contributed by atoms with E-state index in [1.54, 1.807) is 0 Å². The lowest BCUT2D eigenvalue weighted by Gasteiger charge is -2.34. The third kappa shape index (κ3) is 6.82. The van der Waals surface area contributed by atoms with E-state index in [4.69, 9.17) is 0 Å². The fourth-order valence-electron chi connectivity index (χ4n) is 3.48. The van der Waals surface area contributed by atoms with Crippen molar-refractivity contribution >= 4 is 5.96 Å². The zero-order valence-corrected chi connectivity index (χ0v) is 18.0. The number of nitrogens with one attached hydrogen (secondary N) is 2. The van der Waals surface area contributed by atoms with Crippen LogP contribution in [0.15, 0.2) is 29.3 Å². The van der Waals surface area contributed by atoms with Crippen molar-refractivity contribution in [1.29, 1.82) is 0 Å². The molecule has 0 atom stereocenters. The molecule has 0 radical (unpaired) electrons. The van der Waals surface area contributed by atoms with Gasteiger partial charge in [0.05, 0.1) is 0 Å². The Morgan fingerprint density at radius 3 is 2.19 bits per heavy atom. The molecule has 0 amide bonds. The summed E-state index contributed by atoms with van der Waals surface area (Å²) in [6, 6.07) is 8.99. The Morgan fingerprint density at radius 1 is 1.00 bits per heavy atom. The predicted molar refractivity (Wildman–Crippen MR) is 117 cm³/mol. The maximum absolute atomic E-state index is 4.39. The van der Waals surface area contributed by atoms with Gasteiger partial charge in [0, 0.05) is 58.3 Å². The molecular weight excluding hydrogens is 334 g/mol. The zero-order chi connectivity index (χ0) is 19.7. The summed E-state index contributed by atoms with van der Waals surface area (Å²) < 4.78 is 0. The van der Waals surface area contributed by atoms with Crippen LogP contribution in [0, 0.1) is 0 Å². The second-order valence-corrected chi connectivity index (χ2v) is 8.06. The largest absolute Gasteiger partial charge is 0.356 e. The van der Waals surface area contributed by atoms with E-state index in [-0.39, 0.29) is 5.41 Å². The van der Waals surface area contributed by atoms with Gasteiger partial charge in [-0.2, -0.15) is 0 Å². The third-order valence-electron chi connectivity index (χ3n) is 5.70. The van der Waals surface area contributed by atoms with Crippen LogP contribution in [-0.4, -0.2) is 75.2 Å². The van der Waals surface area contributed by atoms with Crippen molar-refractivity contribution in [1.82, 2.24) is 20.4 Å². The lowest BCUT2D eigenvalue weighted by molar-refractivity contribution is 0.139. The summed E-state index contributed by atoms with van der Waals surface area (Å²) in [7, 11) is 1.85. The van der Waals surface area contributed by atoms with E-state index < -0.39 is 0 Å². The molecule has 1 aliphatic heterocycles. The summed E-state index contributed by atoms with van der Waals surface area (Å²) in [5.41, 5.74) is 2.80. The molecule has 2 rings (SSSR count). The molecule has 1 saturated heterocycles. The van der Waals surface area contributed by atoms with Crippen molar-refractivity contribution in [2.45, 2.75) is 39.5 Å². The van der Waals surface area contributed by atoms with Gasteiger partial charge in [-0.1, -0.05) is 52.0 Å². The molecule has 0 aromatic heterocycles. The number of piperazine rings is 1. The fourth-order valence-corrected chi connectivity index (χ4v) is 3.48. The van der Waals surface area contributed by atoms with Gasteiger partial charge >= 0.3 is 0 Å². The summed E-state index contributed by atoms with van der Waals surface area (Å²) in [5, 5.41) is 6.97. The van der Waals surface area contributed by atoms with Crippen LogP contribution >= 0.6 is 0 Å². The standard InChI is InChI=1S/C22H39N5/c1-6-19-8-10-20(11-9-19)22(3,4)18-25-21(23-5)24-12-13-27-16-14-26(7-2)15-17-27/h8-11H,6-7,12-18H2,1-5H3,(H2,23,24,25). The zero-order valence-electron chi connectivity index (χ0n) is 18.0. The Hall–Kier alpha value is -1.59. The molecule has 1 aliphatic rings. The van der Waals surface area contributed by atoms with Gasteiger partial charge in [-0.25, -0.2) is 0 Å². The van der Waals surface area contributed by atoms with Gasteiger partial charge in [-0.3, -0.25) is 9.89 Å². The molecule has 0 saturated carbocycles. The maximum Gasteiger partial charge on any atom is 0.191 e. The summed E-state index contributed by atoms with van der Waals surface area (Å²) in [4.78, 5) is 9.43. The van der Waals surface area contributed by atoms with E-state index in [1.165, 1.54) is 43.9 Å². The summed E-state index contributed by atoms with van der Waals surface area (Å²) in [5.74, 6) is 0.889. The Kier molecular flexibility index (Phi) is 8.58. The summed E-state index contributed by atoms with van der Waals surface area (Å²) in [6.45, 7) is 17.7. The predicted octanol–water partition coefficient (Wildman–Crippen LogP) is 2.33. The Labute approximate surface area is 166 Å². The van der Waals surface area contributed by atoms with Crippen molar-refractivity contribution in [2.75, 3.05) is 59.4 Å². The number of nitrogens with zero attached hydrogens (tertiary/aromatic N) is 3. The van der Waals surface area contributed by atoms with Crippen LogP contribution in [0.1, 0.15) is 38.8 Å². The SMILES string of the molecule is CCc1ccc(C(C)(C)CNC(=NC)NCCN2CCN(CC)CC2)cc1. The molecule has 5 heteroatoms. The van der Waals surface area contributed by atoms with Crippen molar-refractivity contribution in [3.05, 3.63) is 35.4 Å². The number of aryl methyl sites for hydroxylation is 1. The first-order valence-corrected chi connectivity index (χ1v) is 10.5. The van der Waals surface area contributed by atoms with Crippen LogP contribution in [0.4, 0.5) is 0 Å². The Bertz CT molecular complexity index is 571. The number of likely N-dealkylation sites (N-methyl/N-ethyl adjacent to an activating group) is 1. The second-order valence-electron chi connectivity index (χ2n) is 8.06.